The van der Waals surface area contributed by atoms with Crippen molar-refractivity contribution in [1.29, 1.82) is 0 Å². The first kappa shape index (κ1) is 15.8. The maximum Gasteiger partial charge on any atom is 0.241 e. The molecule has 0 atom stereocenters. The molecular formula is C19H26N4O. The lowest BCUT2D eigenvalue weighted by atomic mass is 10.0. The van der Waals surface area contributed by atoms with Crippen molar-refractivity contribution in [3.63, 3.8) is 0 Å². The van der Waals surface area contributed by atoms with Gasteiger partial charge in [0.2, 0.25) is 5.91 Å². The number of allylic oxidation sites excluding steroid dienone is 2. The summed E-state index contributed by atoms with van der Waals surface area (Å²) in [7, 11) is 0. The van der Waals surface area contributed by atoms with E-state index in [2.05, 4.69) is 25.8 Å². The zero-order chi connectivity index (χ0) is 16.5. The smallest absolute Gasteiger partial charge is 0.241 e. The average molecular weight is 326 g/mol. The number of hydrogen-bond acceptors (Lipinski definition) is 4. The highest BCUT2D eigenvalue weighted by Gasteiger charge is 2.35. The van der Waals surface area contributed by atoms with Crippen molar-refractivity contribution in [3.8, 4) is 0 Å². The van der Waals surface area contributed by atoms with Gasteiger partial charge < -0.3 is 4.90 Å². The number of carbonyl (C=O) groups is 1. The number of hydrogen-bond donors (Lipinski definition) is 0. The lowest BCUT2D eigenvalue weighted by Crippen LogP contribution is -2.43. The van der Waals surface area contributed by atoms with Crippen LogP contribution >= 0.6 is 0 Å². The van der Waals surface area contributed by atoms with Gasteiger partial charge in [0.15, 0.2) is 0 Å². The van der Waals surface area contributed by atoms with Crippen LogP contribution in [0.15, 0.2) is 18.0 Å². The molecule has 1 saturated carbocycles. The average Bonchev–Trinajstić information content (AvgIpc) is 3.40. The summed E-state index contributed by atoms with van der Waals surface area (Å²) >= 11 is 0. The number of nitrogens with zero attached hydrogens (tertiary/aromatic N) is 4. The molecule has 128 valence electrons. The first-order valence-electron chi connectivity index (χ1n) is 9.25. The highest BCUT2D eigenvalue weighted by atomic mass is 16.2. The Balaban J connectivity index is 1.44. The fourth-order valence-corrected chi connectivity index (χ4v) is 3.83. The van der Waals surface area contributed by atoms with Crippen LogP contribution in [0.5, 0.6) is 0 Å². The molecule has 0 aromatic carbocycles. The van der Waals surface area contributed by atoms with Crippen molar-refractivity contribution < 1.29 is 4.79 Å². The van der Waals surface area contributed by atoms with E-state index in [1.165, 1.54) is 36.9 Å². The Morgan fingerprint density at radius 3 is 2.96 bits per heavy atom. The third-order valence-corrected chi connectivity index (χ3v) is 5.26. The topological polar surface area (TPSA) is 49.3 Å². The summed E-state index contributed by atoms with van der Waals surface area (Å²) in [5.74, 6) is 1.09. The van der Waals surface area contributed by atoms with Crippen molar-refractivity contribution in [3.05, 3.63) is 35.1 Å². The van der Waals surface area contributed by atoms with Gasteiger partial charge in [0.05, 0.1) is 12.2 Å². The number of aryl methyl sites for hydroxylation is 1. The Morgan fingerprint density at radius 2 is 2.21 bits per heavy atom. The van der Waals surface area contributed by atoms with Crippen LogP contribution in [0.1, 0.15) is 55.6 Å². The van der Waals surface area contributed by atoms with Crippen LogP contribution in [0.4, 0.5) is 0 Å². The normalized spacial score (nSPS) is 21.1. The van der Waals surface area contributed by atoms with Gasteiger partial charge in [0.25, 0.3) is 0 Å². The van der Waals surface area contributed by atoms with Crippen LogP contribution in [0.2, 0.25) is 0 Å². The maximum atomic E-state index is 13.0. The van der Waals surface area contributed by atoms with Gasteiger partial charge in [-0.1, -0.05) is 6.08 Å². The fraction of sp³-hybridized carbons (Fsp3) is 0.632. The second-order valence-electron chi connectivity index (χ2n) is 7.29. The molecule has 0 radical (unpaired) electrons. The molecule has 1 aromatic heterocycles. The van der Waals surface area contributed by atoms with Gasteiger partial charge in [-0.3, -0.25) is 9.69 Å². The highest BCUT2D eigenvalue weighted by molar-refractivity contribution is 5.81. The first-order valence-corrected chi connectivity index (χ1v) is 9.25. The van der Waals surface area contributed by atoms with Crippen molar-refractivity contribution in [2.75, 3.05) is 13.1 Å². The van der Waals surface area contributed by atoms with Gasteiger partial charge in [0, 0.05) is 31.0 Å². The fourth-order valence-electron chi connectivity index (χ4n) is 3.83. The van der Waals surface area contributed by atoms with Crippen LogP contribution in [0.3, 0.4) is 0 Å². The molecule has 1 amide bonds. The summed E-state index contributed by atoms with van der Waals surface area (Å²) in [6, 6.07) is 0.462. The van der Waals surface area contributed by atoms with E-state index >= 15 is 0 Å². The zero-order valence-electron chi connectivity index (χ0n) is 14.5. The van der Waals surface area contributed by atoms with E-state index in [-0.39, 0.29) is 5.91 Å². The molecule has 5 heteroatoms. The first-order chi connectivity index (χ1) is 11.7. The number of aromatic nitrogens is 2. The van der Waals surface area contributed by atoms with Crippen molar-refractivity contribution >= 4 is 5.91 Å². The van der Waals surface area contributed by atoms with Gasteiger partial charge in [-0.15, -0.1) is 0 Å². The lowest BCUT2D eigenvalue weighted by molar-refractivity contribution is -0.131. The predicted octanol–water partition coefficient (Wildman–Crippen LogP) is 2.59. The highest BCUT2D eigenvalue weighted by Crippen LogP contribution is 2.34. The van der Waals surface area contributed by atoms with Crippen LogP contribution in [-0.4, -0.2) is 44.8 Å². The Hall–Kier alpha value is -1.75. The summed E-state index contributed by atoms with van der Waals surface area (Å²) < 4.78 is 0. The molecule has 24 heavy (non-hydrogen) atoms. The van der Waals surface area contributed by atoms with Crippen LogP contribution < -0.4 is 0 Å². The second-order valence-corrected chi connectivity index (χ2v) is 7.29. The lowest BCUT2D eigenvalue weighted by Gasteiger charge is -2.32. The number of amides is 1. The molecule has 2 heterocycles. The zero-order valence-corrected chi connectivity index (χ0v) is 14.5. The van der Waals surface area contributed by atoms with Crippen molar-refractivity contribution in [1.82, 2.24) is 19.8 Å². The van der Waals surface area contributed by atoms with E-state index in [0.717, 1.165) is 43.9 Å². The van der Waals surface area contributed by atoms with Crippen LogP contribution in [0.25, 0.3) is 0 Å². The molecule has 0 unspecified atom stereocenters. The van der Waals surface area contributed by atoms with E-state index in [1.54, 1.807) is 0 Å². The minimum absolute atomic E-state index is 0.278. The largest absolute Gasteiger partial charge is 0.312 e. The predicted molar refractivity (Wildman–Crippen MR) is 92.2 cm³/mol. The quantitative estimate of drug-likeness (QED) is 0.853. The van der Waals surface area contributed by atoms with Crippen LogP contribution in [-0.2, 0) is 17.8 Å². The minimum atomic E-state index is 0.278. The maximum absolute atomic E-state index is 13.0. The monoisotopic (exact) mass is 326 g/mol. The SMILES string of the molecule is Cc1ncc2c(n1)CN(CC(=O)N(C1=CCCCC1)C1CC1)CC2. The van der Waals surface area contributed by atoms with Gasteiger partial charge in [-0.05, 0) is 57.4 Å². The summed E-state index contributed by atoms with van der Waals surface area (Å²) in [5.41, 5.74) is 3.61. The van der Waals surface area contributed by atoms with Gasteiger partial charge in [-0.25, -0.2) is 9.97 Å². The van der Waals surface area contributed by atoms with Crippen LogP contribution in [0, 0.1) is 6.92 Å². The number of fused-ring (bicyclic) bond motifs is 1. The summed E-state index contributed by atoms with van der Waals surface area (Å²) in [4.78, 5) is 26.2. The third-order valence-electron chi connectivity index (χ3n) is 5.26. The molecule has 0 saturated heterocycles. The third kappa shape index (κ3) is 3.36. The van der Waals surface area contributed by atoms with Gasteiger partial charge >= 0.3 is 0 Å². The Kier molecular flexibility index (Phi) is 4.35. The van der Waals surface area contributed by atoms with Crippen molar-refractivity contribution in [2.24, 2.45) is 0 Å². The van der Waals surface area contributed by atoms with E-state index in [9.17, 15) is 4.79 Å². The van der Waals surface area contributed by atoms with Gasteiger partial charge in [-0.2, -0.15) is 0 Å². The summed E-state index contributed by atoms with van der Waals surface area (Å²) in [6.45, 7) is 4.12. The Labute approximate surface area is 143 Å². The molecule has 1 aromatic rings. The Morgan fingerprint density at radius 1 is 1.33 bits per heavy atom. The minimum Gasteiger partial charge on any atom is -0.312 e. The summed E-state index contributed by atoms with van der Waals surface area (Å²) in [5, 5.41) is 0. The molecular weight excluding hydrogens is 300 g/mol. The molecule has 1 fully saturated rings. The Bertz CT molecular complexity index is 665. The second kappa shape index (κ2) is 6.63. The van der Waals surface area contributed by atoms with E-state index in [0.29, 0.717) is 12.6 Å². The van der Waals surface area contributed by atoms with Crippen molar-refractivity contribution in [2.45, 2.75) is 64.5 Å². The molecule has 1 aliphatic heterocycles. The standard InChI is InChI=1S/C19H26N4O/c1-14-20-11-15-9-10-22(12-18(15)21-14)13-19(24)23(17-7-8-17)16-5-3-2-4-6-16/h5,11,17H,2-4,6-10,12-13H2,1H3. The van der Waals surface area contributed by atoms with Gasteiger partial charge in [0.1, 0.15) is 5.82 Å². The van der Waals surface area contributed by atoms with E-state index in [1.807, 2.05) is 13.1 Å². The van der Waals surface area contributed by atoms with E-state index in [4.69, 9.17) is 0 Å². The molecule has 4 rings (SSSR count). The molecule has 0 spiro atoms. The van der Waals surface area contributed by atoms with E-state index < -0.39 is 0 Å². The molecule has 3 aliphatic rings. The molecule has 5 nitrogen and oxygen atoms in total. The molecule has 0 N–H and O–H groups in total. The summed E-state index contributed by atoms with van der Waals surface area (Å²) in [6.07, 6.45) is 12.2. The number of carbonyl (C=O) groups excluding carboxylic acids is 1. The number of rotatable bonds is 4. The molecule has 2 aliphatic carbocycles. The molecule has 0 bridgehead atoms.